The van der Waals surface area contributed by atoms with Gasteiger partial charge in [0.1, 0.15) is 5.78 Å². The highest BCUT2D eigenvalue weighted by atomic mass is 35.5. The summed E-state index contributed by atoms with van der Waals surface area (Å²) >= 11 is 6.32. The van der Waals surface area contributed by atoms with Crippen molar-refractivity contribution < 1.29 is 9.59 Å². The maximum Gasteiger partial charge on any atom is 0.173 e. The zero-order chi connectivity index (χ0) is 15.7. The number of hydrogen-bond donors (Lipinski definition) is 0. The van der Waals surface area contributed by atoms with Gasteiger partial charge in [-0.25, -0.2) is 0 Å². The minimum absolute atomic E-state index is 0.0659. The summed E-state index contributed by atoms with van der Waals surface area (Å²) in [6.45, 7) is 4.54. The first-order valence-corrected chi connectivity index (χ1v) is 9.22. The normalized spacial score (nSPS) is 51.0. The molecule has 3 fully saturated rings. The molecule has 4 rings (SSSR count). The average Bonchev–Trinajstić information content (AvgIpc) is 2.77. The van der Waals surface area contributed by atoms with E-state index in [1.54, 1.807) is 0 Å². The lowest BCUT2D eigenvalue weighted by molar-refractivity contribution is -0.132. The topological polar surface area (TPSA) is 34.1 Å². The van der Waals surface area contributed by atoms with E-state index in [1.807, 2.05) is 6.08 Å². The zero-order valence-electron chi connectivity index (χ0n) is 13.5. The first-order chi connectivity index (χ1) is 10.4. The number of Topliss-reactive ketones (excluding diaryl/α,β-unsaturated/α-hetero) is 1. The molecule has 0 spiro atoms. The monoisotopic (exact) mass is 320 g/mol. The molecular weight excluding hydrogens is 296 g/mol. The van der Waals surface area contributed by atoms with E-state index in [1.165, 1.54) is 5.57 Å². The van der Waals surface area contributed by atoms with E-state index >= 15 is 0 Å². The van der Waals surface area contributed by atoms with Crippen LogP contribution in [0.3, 0.4) is 0 Å². The number of fused-ring (bicyclic) bond motifs is 5. The third-order valence-corrected chi connectivity index (χ3v) is 8.04. The number of hydrogen-bond acceptors (Lipinski definition) is 2. The molecule has 3 saturated carbocycles. The maximum absolute atomic E-state index is 12.4. The van der Waals surface area contributed by atoms with Crippen molar-refractivity contribution in [3.8, 4) is 0 Å². The van der Waals surface area contributed by atoms with E-state index in [4.69, 9.17) is 11.6 Å². The first kappa shape index (κ1) is 14.9. The van der Waals surface area contributed by atoms with Crippen LogP contribution in [0.4, 0.5) is 0 Å². The Bertz CT molecular complexity index is 580. The van der Waals surface area contributed by atoms with E-state index in [0.717, 1.165) is 44.9 Å². The van der Waals surface area contributed by atoms with Crippen molar-refractivity contribution in [3.05, 3.63) is 11.6 Å². The molecule has 3 heteroatoms. The summed E-state index contributed by atoms with van der Waals surface area (Å²) in [4.78, 5) is 24.4. The Morgan fingerprint density at radius 2 is 1.77 bits per heavy atom. The first-order valence-electron chi connectivity index (χ1n) is 8.78. The van der Waals surface area contributed by atoms with Crippen LogP contribution in [0.5, 0.6) is 0 Å². The van der Waals surface area contributed by atoms with E-state index in [9.17, 15) is 9.59 Å². The largest absolute Gasteiger partial charge is 0.299 e. The molecule has 0 bridgehead atoms. The molecule has 0 aromatic carbocycles. The van der Waals surface area contributed by atoms with E-state index in [0.29, 0.717) is 23.5 Å². The van der Waals surface area contributed by atoms with Crippen LogP contribution in [-0.4, -0.2) is 16.9 Å². The van der Waals surface area contributed by atoms with Crippen molar-refractivity contribution in [3.63, 3.8) is 0 Å². The van der Waals surface area contributed by atoms with Crippen molar-refractivity contribution >= 4 is 23.2 Å². The number of ketones is 2. The van der Waals surface area contributed by atoms with Gasteiger partial charge in [-0.15, -0.1) is 11.6 Å². The number of allylic oxidation sites excluding steroid dienone is 1. The lowest BCUT2D eigenvalue weighted by Gasteiger charge is -2.57. The summed E-state index contributed by atoms with van der Waals surface area (Å²) in [6, 6.07) is 0. The summed E-state index contributed by atoms with van der Waals surface area (Å²) in [5.74, 6) is 2.40. The fourth-order valence-electron chi connectivity index (χ4n) is 6.35. The van der Waals surface area contributed by atoms with Gasteiger partial charge in [0.2, 0.25) is 0 Å². The Kier molecular flexibility index (Phi) is 3.18. The second-order valence-electron chi connectivity index (χ2n) is 8.49. The Morgan fingerprint density at radius 1 is 1.05 bits per heavy atom. The van der Waals surface area contributed by atoms with Crippen molar-refractivity contribution in [1.29, 1.82) is 0 Å². The number of carbonyl (C=O) groups excluding carboxylic acids is 2. The van der Waals surface area contributed by atoms with Gasteiger partial charge in [0.05, 0.1) is 5.38 Å². The van der Waals surface area contributed by atoms with Crippen molar-refractivity contribution in [2.24, 2.45) is 28.6 Å². The molecule has 0 saturated heterocycles. The van der Waals surface area contributed by atoms with Gasteiger partial charge in [-0.3, -0.25) is 9.59 Å². The Labute approximate surface area is 137 Å². The van der Waals surface area contributed by atoms with Crippen LogP contribution >= 0.6 is 11.6 Å². The fourth-order valence-corrected chi connectivity index (χ4v) is 6.74. The molecule has 0 heterocycles. The SMILES string of the molecule is C[C@]12CC(Cl)C(=O)C=C1CC[C@@H]1[C@H]2CC[C@]2(C)C(=O)CC[C@@H]12. The second-order valence-corrected chi connectivity index (χ2v) is 9.02. The van der Waals surface area contributed by atoms with E-state index in [-0.39, 0.29) is 22.0 Å². The van der Waals surface area contributed by atoms with Gasteiger partial charge in [-0.2, -0.15) is 0 Å². The molecular formula is C19H25ClO2. The molecule has 0 aromatic heterocycles. The maximum atomic E-state index is 12.4. The second kappa shape index (κ2) is 4.69. The number of halogens is 1. The minimum atomic E-state index is -0.356. The van der Waals surface area contributed by atoms with Crippen LogP contribution in [-0.2, 0) is 9.59 Å². The number of rotatable bonds is 0. The zero-order valence-corrected chi connectivity index (χ0v) is 14.3. The molecule has 4 aliphatic rings. The molecule has 4 aliphatic carbocycles. The summed E-state index contributed by atoms with van der Waals surface area (Å²) in [7, 11) is 0. The predicted molar refractivity (Wildman–Crippen MR) is 86.7 cm³/mol. The molecule has 2 nitrogen and oxygen atoms in total. The molecule has 120 valence electrons. The quantitative estimate of drug-likeness (QED) is 0.623. The Hall–Kier alpha value is -0.630. The van der Waals surface area contributed by atoms with Gasteiger partial charge in [0, 0.05) is 11.8 Å². The van der Waals surface area contributed by atoms with Gasteiger partial charge in [0.25, 0.3) is 0 Å². The lowest BCUT2D eigenvalue weighted by atomic mass is 9.47. The third-order valence-electron chi connectivity index (χ3n) is 7.67. The molecule has 0 radical (unpaired) electrons. The molecule has 0 aliphatic heterocycles. The van der Waals surface area contributed by atoms with E-state index < -0.39 is 0 Å². The highest BCUT2D eigenvalue weighted by Gasteiger charge is 2.59. The van der Waals surface area contributed by atoms with Crippen LogP contribution < -0.4 is 0 Å². The van der Waals surface area contributed by atoms with Gasteiger partial charge in [-0.05, 0) is 67.8 Å². The number of carbonyl (C=O) groups is 2. The smallest absolute Gasteiger partial charge is 0.173 e. The Balaban J connectivity index is 1.71. The van der Waals surface area contributed by atoms with Crippen molar-refractivity contribution in [1.82, 2.24) is 0 Å². The van der Waals surface area contributed by atoms with Crippen molar-refractivity contribution in [2.45, 2.75) is 64.2 Å². The van der Waals surface area contributed by atoms with Crippen LogP contribution in [0.2, 0.25) is 0 Å². The van der Waals surface area contributed by atoms with Gasteiger partial charge < -0.3 is 0 Å². The van der Waals surface area contributed by atoms with Crippen LogP contribution in [0, 0.1) is 28.6 Å². The average molecular weight is 321 g/mol. The lowest BCUT2D eigenvalue weighted by Crippen LogP contribution is -2.51. The summed E-state index contributed by atoms with van der Waals surface area (Å²) in [6.07, 6.45) is 8.82. The number of alkyl halides is 1. The highest BCUT2D eigenvalue weighted by Crippen LogP contribution is 2.64. The molecule has 1 unspecified atom stereocenters. The summed E-state index contributed by atoms with van der Waals surface area (Å²) in [5.41, 5.74) is 1.35. The molecule has 0 N–H and O–H groups in total. The molecule has 0 amide bonds. The molecule has 22 heavy (non-hydrogen) atoms. The van der Waals surface area contributed by atoms with Crippen LogP contribution in [0.15, 0.2) is 11.6 Å². The van der Waals surface area contributed by atoms with Crippen molar-refractivity contribution in [2.75, 3.05) is 0 Å². The van der Waals surface area contributed by atoms with Gasteiger partial charge in [0.15, 0.2) is 5.78 Å². The molecule has 0 aromatic rings. The molecule has 6 atom stereocenters. The fraction of sp³-hybridized carbons (Fsp3) is 0.789. The standard InChI is InChI=1S/C19H25ClO2/c1-18-8-7-14-12(13(18)5-6-17(18)22)4-3-11-9-16(21)15(20)10-19(11,14)2/h9,12-15H,3-8,10H2,1-2H3/t12-,13-,14+,15?,18-,19-/m0/s1. The summed E-state index contributed by atoms with van der Waals surface area (Å²) in [5, 5.41) is -0.356. The highest BCUT2D eigenvalue weighted by molar-refractivity contribution is 6.33. The summed E-state index contributed by atoms with van der Waals surface area (Å²) < 4.78 is 0. The Morgan fingerprint density at radius 3 is 2.55 bits per heavy atom. The van der Waals surface area contributed by atoms with Crippen LogP contribution in [0.1, 0.15) is 58.8 Å². The minimum Gasteiger partial charge on any atom is -0.299 e. The van der Waals surface area contributed by atoms with Gasteiger partial charge in [-0.1, -0.05) is 19.4 Å². The third kappa shape index (κ3) is 1.79. The predicted octanol–water partition coefficient (Wildman–Crippen LogP) is 4.30. The van der Waals surface area contributed by atoms with E-state index in [2.05, 4.69) is 13.8 Å². The van der Waals surface area contributed by atoms with Gasteiger partial charge >= 0.3 is 0 Å². The van der Waals surface area contributed by atoms with Crippen LogP contribution in [0.25, 0.3) is 0 Å².